The van der Waals surface area contributed by atoms with Crippen LogP contribution in [0.5, 0.6) is 0 Å². The second kappa shape index (κ2) is 6.20. The number of ketones is 1. The van der Waals surface area contributed by atoms with Crippen molar-refractivity contribution in [2.75, 3.05) is 5.32 Å². The molecular formula is C15H11BrClNO2. The Labute approximate surface area is 130 Å². The number of Topliss-reactive ketones (excluding diaryl/α,β-unsaturated/α-hetero) is 1. The molecule has 2 aromatic carbocycles. The summed E-state index contributed by atoms with van der Waals surface area (Å²) in [6.07, 6.45) is 0. The van der Waals surface area contributed by atoms with Gasteiger partial charge < -0.3 is 5.32 Å². The lowest BCUT2D eigenvalue weighted by Crippen LogP contribution is -2.12. The van der Waals surface area contributed by atoms with Crippen molar-refractivity contribution in [2.45, 2.75) is 6.92 Å². The van der Waals surface area contributed by atoms with Crippen molar-refractivity contribution in [1.29, 1.82) is 0 Å². The smallest absolute Gasteiger partial charge is 0.256 e. The summed E-state index contributed by atoms with van der Waals surface area (Å²) in [5.74, 6) is -0.317. The Bertz CT molecular complexity index is 685. The Morgan fingerprint density at radius 3 is 2.55 bits per heavy atom. The first-order chi connectivity index (χ1) is 9.47. The molecule has 102 valence electrons. The summed E-state index contributed by atoms with van der Waals surface area (Å²) in [4.78, 5) is 23.5. The Hall–Kier alpha value is -1.65. The lowest BCUT2D eigenvalue weighted by molar-refractivity contribution is 0.101. The fraction of sp³-hybridized carbons (Fsp3) is 0.0667. The topological polar surface area (TPSA) is 46.2 Å². The summed E-state index contributed by atoms with van der Waals surface area (Å²) in [7, 11) is 0. The third-order valence-corrected chi connectivity index (χ3v) is 3.59. The highest BCUT2D eigenvalue weighted by Crippen LogP contribution is 2.22. The van der Waals surface area contributed by atoms with E-state index in [-0.39, 0.29) is 11.7 Å². The van der Waals surface area contributed by atoms with Gasteiger partial charge in [-0.15, -0.1) is 0 Å². The minimum absolute atomic E-state index is 0.0474. The fourth-order valence-corrected chi connectivity index (χ4v) is 2.55. The van der Waals surface area contributed by atoms with E-state index in [9.17, 15) is 9.59 Å². The molecule has 1 N–H and O–H groups in total. The zero-order valence-electron chi connectivity index (χ0n) is 10.6. The summed E-state index contributed by atoms with van der Waals surface area (Å²) >= 11 is 9.14. The number of carbonyl (C=O) groups excluding carboxylic acids is 2. The van der Waals surface area contributed by atoms with Crippen LogP contribution >= 0.6 is 27.5 Å². The minimum Gasteiger partial charge on any atom is -0.322 e. The van der Waals surface area contributed by atoms with Gasteiger partial charge in [-0.05, 0) is 53.2 Å². The van der Waals surface area contributed by atoms with Crippen LogP contribution in [-0.4, -0.2) is 11.7 Å². The highest BCUT2D eigenvalue weighted by atomic mass is 79.9. The molecular weight excluding hydrogens is 342 g/mol. The van der Waals surface area contributed by atoms with Gasteiger partial charge in [0, 0.05) is 20.7 Å². The van der Waals surface area contributed by atoms with Gasteiger partial charge in [0.25, 0.3) is 5.91 Å². The van der Waals surface area contributed by atoms with Gasteiger partial charge in [0.05, 0.1) is 5.56 Å². The first kappa shape index (κ1) is 14.8. The number of amides is 1. The number of benzene rings is 2. The maximum Gasteiger partial charge on any atom is 0.256 e. The molecule has 0 spiro atoms. The van der Waals surface area contributed by atoms with Gasteiger partial charge in [0.1, 0.15) is 0 Å². The molecule has 1 amide bonds. The Kier molecular flexibility index (Phi) is 4.57. The van der Waals surface area contributed by atoms with Gasteiger partial charge in [0.2, 0.25) is 0 Å². The normalized spacial score (nSPS) is 10.2. The van der Waals surface area contributed by atoms with Crippen molar-refractivity contribution in [3.63, 3.8) is 0 Å². The van der Waals surface area contributed by atoms with Crippen LogP contribution in [0.25, 0.3) is 0 Å². The molecule has 0 aliphatic rings. The quantitative estimate of drug-likeness (QED) is 0.823. The van der Waals surface area contributed by atoms with Crippen molar-refractivity contribution in [3.8, 4) is 0 Å². The van der Waals surface area contributed by atoms with E-state index in [0.717, 1.165) is 0 Å². The Balaban J connectivity index is 2.23. The molecule has 2 aromatic rings. The average Bonchev–Trinajstić information content (AvgIpc) is 2.38. The van der Waals surface area contributed by atoms with Crippen LogP contribution in [-0.2, 0) is 0 Å². The van der Waals surface area contributed by atoms with E-state index in [0.29, 0.717) is 26.3 Å². The zero-order chi connectivity index (χ0) is 14.7. The number of halogens is 2. The summed E-state index contributed by atoms with van der Waals surface area (Å²) in [5.41, 5.74) is 1.60. The first-order valence-corrected chi connectivity index (χ1v) is 7.02. The molecule has 0 fully saturated rings. The molecule has 5 heteroatoms. The second-order valence-electron chi connectivity index (χ2n) is 4.22. The molecule has 0 atom stereocenters. The van der Waals surface area contributed by atoms with Crippen molar-refractivity contribution in [2.24, 2.45) is 0 Å². The van der Waals surface area contributed by atoms with Gasteiger partial charge in [-0.2, -0.15) is 0 Å². The molecule has 0 unspecified atom stereocenters. The molecule has 0 heterocycles. The van der Waals surface area contributed by atoms with Crippen LogP contribution in [0.15, 0.2) is 46.9 Å². The predicted octanol–water partition coefficient (Wildman–Crippen LogP) is 4.56. The molecule has 0 aliphatic carbocycles. The van der Waals surface area contributed by atoms with Crippen molar-refractivity contribution in [3.05, 3.63) is 63.1 Å². The third kappa shape index (κ3) is 3.46. The maximum absolute atomic E-state index is 12.2. The summed E-state index contributed by atoms with van der Waals surface area (Å²) in [6, 6.07) is 11.7. The van der Waals surface area contributed by atoms with E-state index < -0.39 is 0 Å². The van der Waals surface area contributed by atoms with Crippen LogP contribution in [0, 0.1) is 0 Å². The number of anilines is 1. The fourth-order valence-electron chi connectivity index (χ4n) is 1.69. The van der Waals surface area contributed by atoms with Crippen LogP contribution in [0.2, 0.25) is 5.02 Å². The van der Waals surface area contributed by atoms with Crippen LogP contribution in [0.4, 0.5) is 5.69 Å². The number of carbonyl (C=O) groups is 2. The first-order valence-electron chi connectivity index (χ1n) is 5.85. The zero-order valence-corrected chi connectivity index (χ0v) is 13.0. The highest BCUT2D eigenvalue weighted by Gasteiger charge is 2.11. The molecule has 20 heavy (non-hydrogen) atoms. The minimum atomic E-state index is -0.269. The third-order valence-electron chi connectivity index (χ3n) is 2.70. The summed E-state index contributed by atoms with van der Waals surface area (Å²) in [6.45, 7) is 1.48. The molecule has 0 aromatic heterocycles. The van der Waals surface area contributed by atoms with Gasteiger partial charge in [0.15, 0.2) is 5.78 Å². The molecule has 3 nitrogen and oxygen atoms in total. The van der Waals surface area contributed by atoms with Gasteiger partial charge >= 0.3 is 0 Å². The standard InChI is InChI=1S/C15H11BrClNO2/c1-9(19)10-3-2-4-12(7-10)18-15(20)13-6-5-11(17)8-14(13)16/h2-8H,1H3,(H,18,20). The Morgan fingerprint density at radius 1 is 1.15 bits per heavy atom. The summed E-state index contributed by atoms with van der Waals surface area (Å²) in [5, 5.41) is 3.30. The Morgan fingerprint density at radius 2 is 1.90 bits per heavy atom. The molecule has 0 saturated heterocycles. The van der Waals surface area contributed by atoms with Gasteiger partial charge in [-0.25, -0.2) is 0 Å². The average molecular weight is 353 g/mol. The lowest BCUT2D eigenvalue weighted by Gasteiger charge is -2.08. The number of nitrogens with one attached hydrogen (secondary N) is 1. The van der Waals surface area contributed by atoms with Crippen molar-refractivity contribution in [1.82, 2.24) is 0 Å². The van der Waals surface area contributed by atoms with E-state index in [1.165, 1.54) is 6.92 Å². The van der Waals surface area contributed by atoms with Crippen molar-refractivity contribution >= 4 is 44.9 Å². The largest absolute Gasteiger partial charge is 0.322 e. The SMILES string of the molecule is CC(=O)c1cccc(NC(=O)c2ccc(Cl)cc2Br)c1. The molecule has 0 aliphatic heterocycles. The molecule has 0 saturated carbocycles. The molecule has 0 bridgehead atoms. The molecule has 0 radical (unpaired) electrons. The number of rotatable bonds is 3. The van der Waals surface area contributed by atoms with E-state index in [1.54, 1.807) is 42.5 Å². The van der Waals surface area contributed by atoms with E-state index in [4.69, 9.17) is 11.6 Å². The monoisotopic (exact) mass is 351 g/mol. The van der Waals surface area contributed by atoms with Gasteiger partial charge in [-0.3, -0.25) is 9.59 Å². The molecule has 2 rings (SSSR count). The number of hydrogen-bond donors (Lipinski definition) is 1. The van der Waals surface area contributed by atoms with Crippen LogP contribution < -0.4 is 5.32 Å². The van der Waals surface area contributed by atoms with Crippen molar-refractivity contribution < 1.29 is 9.59 Å². The predicted molar refractivity (Wildman–Crippen MR) is 83.6 cm³/mol. The maximum atomic E-state index is 12.2. The summed E-state index contributed by atoms with van der Waals surface area (Å²) < 4.78 is 0.616. The second-order valence-corrected chi connectivity index (χ2v) is 5.51. The highest BCUT2D eigenvalue weighted by molar-refractivity contribution is 9.10. The lowest BCUT2D eigenvalue weighted by atomic mass is 10.1. The van der Waals surface area contributed by atoms with Crippen LogP contribution in [0.3, 0.4) is 0 Å². The van der Waals surface area contributed by atoms with E-state index >= 15 is 0 Å². The number of hydrogen-bond acceptors (Lipinski definition) is 2. The van der Waals surface area contributed by atoms with Gasteiger partial charge in [-0.1, -0.05) is 23.7 Å². The van der Waals surface area contributed by atoms with E-state index in [1.807, 2.05) is 0 Å². The van der Waals surface area contributed by atoms with E-state index in [2.05, 4.69) is 21.2 Å². The van der Waals surface area contributed by atoms with Crippen LogP contribution in [0.1, 0.15) is 27.6 Å².